The van der Waals surface area contributed by atoms with Crippen molar-refractivity contribution in [2.24, 2.45) is 5.92 Å². The molecule has 1 amide bonds. The van der Waals surface area contributed by atoms with Gasteiger partial charge in [0, 0.05) is 32.1 Å². The van der Waals surface area contributed by atoms with Crippen LogP contribution in [-0.4, -0.2) is 55.1 Å². The lowest BCUT2D eigenvalue weighted by Gasteiger charge is -2.31. The number of nitrogens with one attached hydrogen (secondary N) is 1. The van der Waals surface area contributed by atoms with Crippen molar-refractivity contribution in [1.82, 2.24) is 15.2 Å². The quantitative estimate of drug-likeness (QED) is 0.627. The number of hydrogen-bond donors (Lipinski definition) is 1. The zero-order chi connectivity index (χ0) is 20.6. The van der Waals surface area contributed by atoms with Crippen LogP contribution in [0, 0.1) is 5.92 Å². The van der Waals surface area contributed by atoms with Crippen molar-refractivity contribution < 1.29 is 4.79 Å². The zero-order valence-corrected chi connectivity index (χ0v) is 19.1. The van der Waals surface area contributed by atoms with E-state index in [-0.39, 0.29) is 11.8 Å². The molecule has 29 heavy (non-hydrogen) atoms. The highest BCUT2D eigenvalue weighted by molar-refractivity contribution is 7.22. The lowest BCUT2D eigenvalue weighted by atomic mass is 9.96. The second-order valence-corrected chi connectivity index (χ2v) is 9.06. The standard InChI is InChI=1S/C23H36N4OS/c1-4-12-26(13-5-2)16-11-24-22(28)19-9-14-27(15-10-19)23-25-20-8-7-18(6-3)17-21(20)29-23/h7-8,17,19H,4-6,9-16H2,1-3H3,(H,24,28). The third kappa shape index (κ3) is 5.92. The largest absolute Gasteiger partial charge is 0.355 e. The van der Waals surface area contributed by atoms with Gasteiger partial charge in [-0.25, -0.2) is 4.98 Å². The lowest BCUT2D eigenvalue weighted by Crippen LogP contribution is -2.42. The van der Waals surface area contributed by atoms with Gasteiger partial charge in [-0.2, -0.15) is 0 Å². The van der Waals surface area contributed by atoms with Gasteiger partial charge in [0.25, 0.3) is 0 Å². The zero-order valence-electron chi connectivity index (χ0n) is 18.2. The molecule has 1 aliphatic heterocycles. The summed E-state index contributed by atoms with van der Waals surface area (Å²) in [6, 6.07) is 6.57. The van der Waals surface area contributed by atoms with Crippen molar-refractivity contribution in [3.63, 3.8) is 0 Å². The molecule has 1 saturated heterocycles. The number of benzene rings is 1. The van der Waals surface area contributed by atoms with Crippen molar-refractivity contribution in [3.8, 4) is 0 Å². The van der Waals surface area contributed by atoms with E-state index < -0.39 is 0 Å². The van der Waals surface area contributed by atoms with Gasteiger partial charge in [0.2, 0.25) is 5.91 Å². The Morgan fingerprint density at radius 1 is 1.17 bits per heavy atom. The van der Waals surface area contributed by atoms with Crippen LogP contribution < -0.4 is 10.2 Å². The molecule has 1 aliphatic rings. The van der Waals surface area contributed by atoms with E-state index >= 15 is 0 Å². The van der Waals surface area contributed by atoms with Crippen LogP contribution in [0.3, 0.4) is 0 Å². The van der Waals surface area contributed by atoms with Gasteiger partial charge in [0.15, 0.2) is 5.13 Å². The van der Waals surface area contributed by atoms with Crippen LogP contribution in [0.15, 0.2) is 18.2 Å². The fraction of sp³-hybridized carbons (Fsp3) is 0.652. The highest BCUT2D eigenvalue weighted by Gasteiger charge is 2.26. The predicted octanol–water partition coefficient (Wildman–Crippen LogP) is 4.31. The average molecular weight is 417 g/mol. The predicted molar refractivity (Wildman–Crippen MR) is 124 cm³/mol. The molecule has 6 heteroatoms. The Labute approximate surface area is 179 Å². The molecule has 0 saturated carbocycles. The van der Waals surface area contributed by atoms with Gasteiger partial charge < -0.3 is 15.1 Å². The van der Waals surface area contributed by atoms with Gasteiger partial charge in [0.1, 0.15) is 0 Å². The van der Waals surface area contributed by atoms with Crippen molar-refractivity contribution in [1.29, 1.82) is 0 Å². The number of amides is 1. The van der Waals surface area contributed by atoms with Crippen LogP contribution in [0.4, 0.5) is 5.13 Å². The molecule has 0 unspecified atom stereocenters. The lowest BCUT2D eigenvalue weighted by molar-refractivity contribution is -0.125. The molecule has 0 bridgehead atoms. The van der Waals surface area contributed by atoms with Crippen LogP contribution in [0.2, 0.25) is 0 Å². The third-order valence-electron chi connectivity index (χ3n) is 5.79. The second kappa shape index (κ2) is 10.9. The molecule has 1 N–H and O–H groups in total. The number of piperidine rings is 1. The maximum atomic E-state index is 12.6. The molecule has 0 spiro atoms. The van der Waals surface area contributed by atoms with Gasteiger partial charge in [-0.3, -0.25) is 4.79 Å². The highest BCUT2D eigenvalue weighted by Crippen LogP contribution is 2.32. The fourth-order valence-corrected chi connectivity index (χ4v) is 5.18. The highest BCUT2D eigenvalue weighted by atomic mass is 32.1. The summed E-state index contributed by atoms with van der Waals surface area (Å²) in [6.45, 7) is 12.4. The Balaban J connectivity index is 1.46. The number of aromatic nitrogens is 1. The Morgan fingerprint density at radius 3 is 2.55 bits per heavy atom. The molecular weight excluding hydrogens is 380 g/mol. The number of aryl methyl sites for hydroxylation is 1. The molecule has 0 aliphatic carbocycles. The van der Waals surface area contributed by atoms with Crippen LogP contribution in [0.1, 0.15) is 52.0 Å². The summed E-state index contributed by atoms with van der Waals surface area (Å²) >= 11 is 1.78. The van der Waals surface area contributed by atoms with Crippen LogP contribution in [0.5, 0.6) is 0 Å². The van der Waals surface area contributed by atoms with E-state index in [0.717, 1.165) is 82.0 Å². The summed E-state index contributed by atoms with van der Waals surface area (Å²) in [5.41, 5.74) is 2.45. The van der Waals surface area contributed by atoms with Gasteiger partial charge in [-0.15, -0.1) is 0 Å². The minimum Gasteiger partial charge on any atom is -0.355 e. The summed E-state index contributed by atoms with van der Waals surface area (Å²) in [7, 11) is 0. The first-order chi connectivity index (χ1) is 14.1. The Hall–Kier alpha value is -1.66. The number of hydrogen-bond acceptors (Lipinski definition) is 5. The number of nitrogens with zero attached hydrogens (tertiary/aromatic N) is 3. The van der Waals surface area contributed by atoms with Gasteiger partial charge >= 0.3 is 0 Å². The number of fused-ring (bicyclic) bond motifs is 1. The van der Waals surface area contributed by atoms with E-state index in [1.165, 1.54) is 10.3 Å². The van der Waals surface area contributed by atoms with Crippen LogP contribution in [0.25, 0.3) is 10.2 Å². The first kappa shape index (κ1) is 22.0. The van der Waals surface area contributed by atoms with Crippen LogP contribution >= 0.6 is 11.3 Å². The summed E-state index contributed by atoms with van der Waals surface area (Å²) < 4.78 is 1.27. The summed E-state index contributed by atoms with van der Waals surface area (Å²) in [5, 5.41) is 4.28. The molecule has 1 fully saturated rings. The fourth-order valence-electron chi connectivity index (χ4n) is 4.09. The van der Waals surface area contributed by atoms with Gasteiger partial charge in [-0.05, 0) is 62.9 Å². The van der Waals surface area contributed by atoms with E-state index in [1.54, 1.807) is 11.3 Å². The molecule has 0 radical (unpaired) electrons. The molecular formula is C23H36N4OS. The summed E-state index contributed by atoms with van der Waals surface area (Å²) in [4.78, 5) is 22.2. The Bertz CT molecular complexity index is 776. The Morgan fingerprint density at radius 2 is 1.90 bits per heavy atom. The summed E-state index contributed by atoms with van der Waals surface area (Å²) in [5.74, 6) is 0.368. The van der Waals surface area contributed by atoms with E-state index in [2.05, 4.69) is 54.1 Å². The average Bonchev–Trinajstić information content (AvgIpc) is 3.17. The summed E-state index contributed by atoms with van der Waals surface area (Å²) in [6.07, 6.45) is 5.21. The normalized spacial score (nSPS) is 15.4. The molecule has 2 aromatic rings. The third-order valence-corrected chi connectivity index (χ3v) is 6.87. The van der Waals surface area contributed by atoms with Gasteiger partial charge in [-0.1, -0.05) is 38.2 Å². The van der Waals surface area contributed by atoms with Crippen molar-refractivity contribution in [2.75, 3.05) is 44.2 Å². The molecule has 5 nitrogen and oxygen atoms in total. The van der Waals surface area contributed by atoms with Crippen molar-refractivity contribution >= 4 is 32.6 Å². The SMILES string of the molecule is CCCN(CCC)CCNC(=O)C1CCN(c2nc3ccc(CC)cc3s2)CC1. The Kier molecular flexibility index (Phi) is 8.30. The minimum absolute atomic E-state index is 0.137. The first-order valence-corrected chi connectivity index (χ1v) is 12.1. The van der Waals surface area contributed by atoms with E-state index in [0.29, 0.717) is 0 Å². The number of thiazole rings is 1. The molecule has 0 atom stereocenters. The minimum atomic E-state index is 0.137. The van der Waals surface area contributed by atoms with Crippen molar-refractivity contribution in [3.05, 3.63) is 23.8 Å². The van der Waals surface area contributed by atoms with Crippen molar-refractivity contribution in [2.45, 2.75) is 52.9 Å². The molecule has 2 heterocycles. The molecule has 1 aromatic heterocycles. The van der Waals surface area contributed by atoms with E-state index in [9.17, 15) is 4.79 Å². The van der Waals surface area contributed by atoms with E-state index in [4.69, 9.17) is 4.98 Å². The first-order valence-electron chi connectivity index (χ1n) is 11.3. The maximum Gasteiger partial charge on any atom is 0.223 e. The number of anilines is 1. The number of carbonyl (C=O) groups excluding carboxylic acids is 1. The molecule has 1 aromatic carbocycles. The van der Waals surface area contributed by atoms with Gasteiger partial charge in [0.05, 0.1) is 10.2 Å². The van der Waals surface area contributed by atoms with E-state index in [1.807, 2.05) is 0 Å². The van der Waals surface area contributed by atoms with Crippen LogP contribution in [-0.2, 0) is 11.2 Å². The topological polar surface area (TPSA) is 48.5 Å². The second-order valence-electron chi connectivity index (χ2n) is 8.05. The number of rotatable bonds is 10. The smallest absolute Gasteiger partial charge is 0.223 e. The number of carbonyl (C=O) groups is 1. The molecule has 3 rings (SSSR count). The maximum absolute atomic E-state index is 12.6. The molecule has 160 valence electrons. The monoisotopic (exact) mass is 416 g/mol.